The Kier molecular flexibility index (Phi) is 5.65. The minimum atomic E-state index is -1.03. The number of hydrogen-bond donors (Lipinski definition) is 2. The van der Waals surface area contributed by atoms with E-state index in [0.29, 0.717) is 5.56 Å². The van der Waals surface area contributed by atoms with E-state index in [2.05, 4.69) is 20.4 Å². The molecule has 0 unspecified atom stereocenters. The molecule has 156 valence electrons. The van der Waals surface area contributed by atoms with Crippen molar-refractivity contribution in [1.29, 1.82) is 0 Å². The number of nitrogens with zero attached hydrogens (tertiary/aromatic N) is 3. The molecule has 1 aliphatic heterocycles. The zero-order valence-electron chi connectivity index (χ0n) is 16.5. The van der Waals surface area contributed by atoms with Crippen LogP contribution in [0.25, 0.3) is 0 Å². The number of benzene rings is 1. The number of carbonyl (C=O) groups is 1. The highest BCUT2D eigenvalue weighted by Crippen LogP contribution is 2.35. The Balaban J connectivity index is 2.00. The summed E-state index contributed by atoms with van der Waals surface area (Å²) < 4.78 is 27.4. The molecule has 1 atom stereocenters. The number of likely N-dealkylation sites (tertiary alicyclic amines) is 1. The van der Waals surface area contributed by atoms with Gasteiger partial charge in [-0.05, 0) is 64.4 Å². The summed E-state index contributed by atoms with van der Waals surface area (Å²) in [6.07, 6.45) is 1.98. The molecule has 0 spiro atoms. The Morgan fingerprint density at radius 1 is 1.31 bits per heavy atom. The predicted octanol–water partition coefficient (Wildman–Crippen LogP) is 3.25. The molecule has 0 bridgehead atoms. The molecule has 1 aromatic carbocycles. The fourth-order valence-electron chi connectivity index (χ4n) is 3.84. The van der Waals surface area contributed by atoms with Crippen LogP contribution in [0.4, 0.5) is 14.5 Å². The lowest BCUT2D eigenvalue weighted by atomic mass is 9.86. The standard InChI is InChI=1S/C19H23F2N5O3/c1-11-16(26(28)29)15(24-23-11)18(27)22-17(12-6-7-13(20)14(21)10-12)19(2,3)25-8-4-5-9-25/h6-7,10,17H,4-5,8-9H2,1-3H3,(H,22,27)(H,23,24)/t17-/m1/s1. The average Bonchev–Trinajstić information content (AvgIpc) is 3.32. The number of rotatable bonds is 6. The van der Waals surface area contributed by atoms with E-state index in [0.717, 1.165) is 38.1 Å². The molecule has 29 heavy (non-hydrogen) atoms. The van der Waals surface area contributed by atoms with Crippen LogP contribution < -0.4 is 5.32 Å². The number of aryl methyl sites for hydroxylation is 1. The van der Waals surface area contributed by atoms with Gasteiger partial charge in [-0.3, -0.25) is 24.9 Å². The summed E-state index contributed by atoms with van der Waals surface area (Å²) in [6.45, 7) is 6.84. The van der Waals surface area contributed by atoms with Crippen molar-refractivity contribution in [2.45, 2.75) is 45.2 Å². The minimum absolute atomic E-state index is 0.156. The molecule has 1 amide bonds. The van der Waals surface area contributed by atoms with Gasteiger partial charge >= 0.3 is 5.69 Å². The van der Waals surface area contributed by atoms with Crippen LogP contribution in [-0.2, 0) is 0 Å². The molecule has 0 aliphatic carbocycles. The minimum Gasteiger partial charge on any atom is -0.342 e. The second kappa shape index (κ2) is 7.86. The monoisotopic (exact) mass is 407 g/mol. The molecule has 0 saturated carbocycles. The molecule has 2 heterocycles. The Morgan fingerprint density at radius 2 is 1.97 bits per heavy atom. The van der Waals surface area contributed by atoms with Crippen molar-refractivity contribution in [2.24, 2.45) is 0 Å². The van der Waals surface area contributed by atoms with Crippen molar-refractivity contribution >= 4 is 11.6 Å². The Labute approximate surface area is 166 Å². The van der Waals surface area contributed by atoms with Crippen molar-refractivity contribution in [3.05, 3.63) is 56.9 Å². The van der Waals surface area contributed by atoms with Gasteiger partial charge in [0.25, 0.3) is 5.91 Å². The van der Waals surface area contributed by atoms with Gasteiger partial charge in [0.1, 0.15) is 5.69 Å². The third kappa shape index (κ3) is 3.98. The van der Waals surface area contributed by atoms with E-state index in [-0.39, 0.29) is 11.4 Å². The van der Waals surface area contributed by atoms with Crippen molar-refractivity contribution in [3.63, 3.8) is 0 Å². The average molecular weight is 407 g/mol. The first-order chi connectivity index (χ1) is 13.6. The number of aromatic amines is 1. The quantitative estimate of drug-likeness (QED) is 0.565. The van der Waals surface area contributed by atoms with Gasteiger partial charge in [-0.15, -0.1) is 0 Å². The maximum absolute atomic E-state index is 13.9. The van der Waals surface area contributed by atoms with E-state index in [1.165, 1.54) is 13.0 Å². The molecule has 1 fully saturated rings. The van der Waals surface area contributed by atoms with E-state index in [9.17, 15) is 23.7 Å². The molecule has 10 heteroatoms. The number of nitrogens with one attached hydrogen (secondary N) is 2. The van der Waals surface area contributed by atoms with Gasteiger partial charge in [-0.2, -0.15) is 5.10 Å². The van der Waals surface area contributed by atoms with Gasteiger partial charge in [-0.25, -0.2) is 8.78 Å². The van der Waals surface area contributed by atoms with Crippen LogP contribution in [0.5, 0.6) is 0 Å². The van der Waals surface area contributed by atoms with Crippen molar-refractivity contribution < 1.29 is 18.5 Å². The van der Waals surface area contributed by atoms with Crippen LogP contribution in [0.15, 0.2) is 18.2 Å². The molecule has 2 aromatic rings. The predicted molar refractivity (Wildman–Crippen MR) is 101 cm³/mol. The summed E-state index contributed by atoms with van der Waals surface area (Å²) in [4.78, 5) is 25.7. The van der Waals surface area contributed by atoms with Crippen molar-refractivity contribution in [3.8, 4) is 0 Å². The second-order valence-corrected chi connectivity index (χ2v) is 7.73. The lowest BCUT2D eigenvalue weighted by Crippen LogP contribution is -2.52. The van der Waals surface area contributed by atoms with Gasteiger partial charge in [-0.1, -0.05) is 6.07 Å². The number of carbonyl (C=O) groups excluding carboxylic acids is 1. The van der Waals surface area contributed by atoms with Crippen LogP contribution >= 0.6 is 0 Å². The molecular formula is C19H23F2N5O3. The highest BCUT2D eigenvalue weighted by atomic mass is 19.2. The zero-order chi connectivity index (χ0) is 21.3. The molecule has 1 aromatic heterocycles. The van der Waals surface area contributed by atoms with Gasteiger partial charge in [0.05, 0.1) is 11.0 Å². The Morgan fingerprint density at radius 3 is 2.55 bits per heavy atom. The fourth-order valence-corrected chi connectivity index (χ4v) is 3.84. The molecule has 3 rings (SSSR count). The van der Waals surface area contributed by atoms with Crippen LogP contribution in [-0.4, -0.2) is 44.6 Å². The molecule has 1 saturated heterocycles. The first-order valence-corrected chi connectivity index (χ1v) is 9.33. The van der Waals surface area contributed by atoms with Gasteiger partial charge in [0.15, 0.2) is 11.6 Å². The molecule has 2 N–H and O–H groups in total. The van der Waals surface area contributed by atoms with Gasteiger partial charge in [0.2, 0.25) is 5.69 Å². The number of halogens is 2. The van der Waals surface area contributed by atoms with Gasteiger partial charge < -0.3 is 5.32 Å². The van der Waals surface area contributed by atoms with E-state index in [4.69, 9.17) is 0 Å². The topological polar surface area (TPSA) is 104 Å². The molecule has 8 nitrogen and oxygen atoms in total. The summed E-state index contributed by atoms with van der Waals surface area (Å²) in [5.74, 6) is -2.78. The zero-order valence-corrected chi connectivity index (χ0v) is 16.5. The molecule has 0 radical (unpaired) electrons. The first-order valence-electron chi connectivity index (χ1n) is 9.33. The molecule has 1 aliphatic rings. The lowest BCUT2D eigenvalue weighted by molar-refractivity contribution is -0.385. The molecular weight excluding hydrogens is 384 g/mol. The van der Waals surface area contributed by atoms with Crippen molar-refractivity contribution in [1.82, 2.24) is 20.4 Å². The van der Waals surface area contributed by atoms with Crippen LogP contribution in [0.2, 0.25) is 0 Å². The lowest BCUT2D eigenvalue weighted by Gasteiger charge is -2.42. The number of hydrogen-bond acceptors (Lipinski definition) is 5. The normalized spacial score (nSPS) is 16.0. The van der Waals surface area contributed by atoms with Crippen LogP contribution in [0.3, 0.4) is 0 Å². The highest BCUT2D eigenvalue weighted by molar-refractivity contribution is 5.96. The summed E-state index contributed by atoms with van der Waals surface area (Å²) in [6, 6.07) is 2.71. The number of nitro groups is 1. The van der Waals surface area contributed by atoms with E-state index >= 15 is 0 Å². The third-order valence-electron chi connectivity index (χ3n) is 5.49. The fraction of sp³-hybridized carbons (Fsp3) is 0.474. The largest absolute Gasteiger partial charge is 0.342 e. The van der Waals surface area contributed by atoms with E-state index in [1.807, 2.05) is 13.8 Å². The third-order valence-corrected chi connectivity index (χ3v) is 5.49. The van der Waals surface area contributed by atoms with E-state index in [1.54, 1.807) is 0 Å². The number of H-pyrrole nitrogens is 1. The maximum Gasteiger partial charge on any atom is 0.322 e. The summed E-state index contributed by atoms with van der Waals surface area (Å²) in [7, 11) is 0. The Hall–Kier alpha value is -2.88. The van der Waals surface area contributed by atoms with Crippen molar-refractivity contribution in [2.75, 3.05) is 13.1 Å². The van der Waals surface area contributed by atoms with Gasteiger partial charge in [0, 0.05) is 5.54 Å². The summed E-state index contributed by atoms with van der Waals surface area (Å²) in [5, 5.41) is 20.3. The first kappa shape index (κ1) is 20.8. The van der Waals surface area contributed by atoms with Crippen LogP contribution in [0.1, 0.15) is 54.5 Å². The maximum atomic E-state index is 13.9. The number of amides is 1. The Bertz CT molecular complexity index is 938. The summed E-state index contributed by atoms with van der Waals surface area (Å²) >= 11 is 0. The van der Waals surface area contributed by atoms with Crippen LogP contribution in [0, 0.1) is 28.7 Å². The smallest absolute Gasteiger partial charge is 0.322 e. The number of aromatic nitrogens is 2. The SMILES string of the molecule is Cc1[nH]nc(C(=O)N[C@H](c2ccc(F)c(F)c2)C(C)(C)N2CCCC2)c1[N+](=O)[O-]. The summed E-state index contributed by atoms with van der Waals surface area (Å²) in [5.41, 5.74) is -0.897. The van der Waals surface area contributed by atoms with E-state index < -0.39 is 39.7 Å². The highest BCUT2D eigenvalue weighted by Gasteiger charge is 2.40. The second-order valence-electron chi connectivity index (χ2n) is 7.73.